The summed E-state index contributed by atoms with van der Waals surface area (Å²) in [6, 6.07) is 5.62. The first-order valence-electron chi connectivity index (χ1n) is 8.81. The zero-order valence-electron chi connectivity index (χ0n) is 14.6. The van der Waals surface area contributed by atoms with Gasteiger partial charge in [-0.25, -0.2) is 0 Å². The van der Waals surface area contributed by atoms with Gasteiger partial charge in [-0.1, -0.05) is 13.0 Å². The van der Waals surface area contributed by atoms with Gasteiger partial charge in [0.2, 0.25) is 5.91 Å². The smallest absolute Gasteiger partial charge is 0.311 e. The standard InChI is InChI=1S/C18H25N3O4/c1-2-17(23)25-18-14(19)4-3-5-15(18)21-9-8-20(12-16(21)22)13-6-10-24-11-7-13/h3-5,13H,2,6-12,19H2,1H3. The first-order chi connectivity index (χ1) is 12.1. The van der Waals surface area contributed by atoms with E-state index in [0.717, 1.165) is 32.6 Å². The molecule has 0 radical (unpaired) electrons. The molecule has 2 N–H and O–H groups in total. The van der Waals surface area contributed by atoms with Gasteiger partial charge in [-0.05, 0) is 25.0 Å². The van der Waals surface area contributed by atoms with Crippen molar-refractivity contribution in [1.82, 2.24) is 4.90 Å². The van der Waals surface area contributed by atoms with Crippen LogP contribution in [0.15, 0.2) is 18.2 Å². The van der Waals surface area contributed by atoms with Gasteiger partial charge in [0, 0.05) is 38.8 Å². The maximum absolute atomic E-state index is 12.7. The largest absolute Gasteiger partial charge is 0.422 e. The third kappa shape index (κ3) is 3.93. The number of nitrogens with two attached hydrogens (primary N) is 1. The summed E-state index contributed by atoms with van der Waals surface area (Å²) in [5.41, 5.74) is 6.91. The number of anilines is 2. The van der Waals surface area contributed by atoms with Gasteiger partial charge < -0.3 is 20.1 Å². The third-order valence-electron chi connectivity index (χ3n) is 4.78. The van der Waals surface area contributed by atoms with Crippen LogP contribution in [0.5, 0.6) is 5.75 Å². The van der Waals surface area contributed by atoms with Gasteiger partial charge in [0.25, 0.3) is 0 Å². The fourth-order valence-corrected chi connectivity index (χ4v) is 3.36. The molecule has 2 aliphatic heterocycles. The normalized spacial score (nSPS) is 19.9. The van der Waals surface area contributed by atoms with E-state index >= 15 is 0 Å². The summed E-state index contributed by atoms with van der Waals surface area (Å²) in [4.78, 5) is 28.3. The molecule has 2 fully saturated rings. The van der Waals surface area contributed by atoms with E-state index in [2.05, 4.69) is 4.90 Å². The maximum Gasteiger partial charge on any atom is 0.311 e. The average Bonchev–Trinajstić information content (AvgIpc) is 2.64. The Morgan fingerprint density at radius 2 is 2.08 bits per heavy atom. The number of rotatable bonds is 4. The Bertz CT molecular complexity index is 643. The fourth-order valence-electron chi connectivity index (χ4n) is 3.36. The van der Waals surface area contributed by atoms with Crippen molar-refractivity contribution in [3.63, 3.8) is 0 Å². The molecule has 0 spiro atoms. The van der Waals surface area contributed by atoms with E-state index in [1.54, 1.807) is 30.0 Å². The lowest BCUT2D eigenvalue weighted by atomic mass is 10.1. The molecule has 0 aromatic heterocycles. The number of piperazine rings is 1. The van der Waals surface area contributed by atoms with Gasteiger partial charge in [-0.15, -0.1) is 0 Å². The van der Waals surface area contributed by atoms with E-state index in [1.807, 2.05) is 0 Å². The summed E-state index contributed by atoms with van der Waals surface area (Å²) in [6.07, 6.45) is 2.18. The Morgan fingerprint density at radius 3 is 2.76 bits per heavy atom. The van der Waals surface area contributed by atoms with Crippen molar-refractivity contribution in [2.45, 2.75) is 32.2 Å². The van der Waals surface area contributed by atoms with Crippen molar-refractivity contribution in [3.05, 3.63) is 18.2 Å². The average molecular weight is 347 g/mol. The molecule has 136 valence electrons. The highest BCUT2D eigenvalue weighted by molar-refractivity contribution is 5.98. The molecule has 0 bridgehead atoms. The van der Waals surface area contributed by atoms with Crippen molar-refractivity contribution in [2.75, 3.05) is 43.5 Å². The quantitative estimate of drug-likeness (QED) is 0.504. The highest BCUT2D eigenvalue weighted by atomic mass is 16.5. The van der Waals surface area contributed by atoms with E-state index in [4.69, 9.17) is 15.2 Å². The zero-order valence-corrected chi connectivity index (χ0v) is 14.6. The van der Waals surface area contributed by atoms with Crippen LogP contribution in [0, 0.1) is 0 Å². The second-order valence-corrected chi connectivity index (χ2v) is 6.38. The Kier molecular flexibility index (Phi) is 5.55. The van der Waals surface area contributed by atoms with Gasteiger partial charge in [-0.3, -0.25) is 14.5 Å². The van der Waals surface area contributed by atoms with Crippen LogP contribution in [0.4, 0.5) is 11.4 Å². The SMILES string of the molecule is CCC(=O)Oc1c(N)cccc1N1CCN(C2CCOCC2)CC1=O. The minimum Gasteiger partial charge on any atom is -0.422 e. The molecule has 2 aliphatic rings. The number of esters is 1. The second-order valence-electron chi connectivity index (χ2n) is 6.38. The Morgan fingerprint density at radius 1 is 1.32 bits per heavy atom. The molecule has 1 aromatic rings. The Balaban J connectivity index is 1.75. The number of hydrogen-bond donors (Lipinski definition) is 1. The highest BCUT2D eigenvalue weighted by Gasteiger charge is 2.32. The Hall–Kier alpha value is -2.12. The van der Waals surface area contributed by atoms with Crippen LogP contribution in [-0.4, -0.2) is 55.7 Å². The van der Waals surface area contributed by atoms with Crippen molar-refractivity contribution in [2.24, 2.45) is 0 Å². The summed E-state index contributed by atoms with van der Waals surface area (Å²) in [6.45, 7) is 4.93. The second kappa shape index (κ2) is 7.84. The molecule has 25 heavy (non-hydrogen) atoms. The molecule has 1 aromatic carbocycles. The van der Waals surface area contributed by atoms with Gasteiger partial charge in [-0.2, -0.15) is 0 Å². The molecule has 2 saturated heterocycles. The van der Waals surface area contributed by atoms with Crippen LogP contribution < -0.4 is 15.4 Å². The van der Waals surface area contributed by atoms with E-state index in [0.29, 0.717) is 30.5 Å². The topological polar surface area (TPSA) is 85.1 Å². The number of ether oxygens (including phenoxy) is 2. The molecular weight excluding hydrogens is 322 g/mol. The van der Waals surface area contributed by atoms with Crippen LogP contribution in [0.2, 0.25) is 0 Å². The van der Waals surface area contributed by atoms with E-state index in [9.17, 15) is 9.59 Å². The van der Waals surface area contributed by atoms with Crippen LogP contribution in [0.1, 0.15) is 26.2 Å². The molecular formula is C18H25N3O4. The van der Waals surface area contributed by atoms with Crippen LogP contribution in [0.3, 0.4) is 0 Å². The predicted octanol–water partition coefficient (Wildman–Crippen LogP) is 1.41. The van der Waals surface area contributed by atoms with E-state index < -0.39 is 0 Å². The van der Waals surface area contributed by atoms with Crippen molar-refractivity contribution in [1.29, 1.82) is 0 Å². The lowest BCUT2D eigenvalue weighted by Crippen LogP contribution is -2.54. The molecule has 0 atom stereocenters. The summed E-state index contributed by atoms with van der Waals surface area (Å²) in [5.74, 6) is -0.0909. The van der Waals surface area contributed by atoms with Crippen LogP contribution >= 0.6 is 0 Å². The number of carbonyl (C=O) groups is 2. The van der Waals surface area contributed by atoms with E-state index in [1.165, 1.54) is 0 Å². The maximum atomic E-state index is 12.7. The first kappa shape index (κ1) is 17.7. The zero-order chi connectivity index (χ0) is 17.8. The van der Waals surface area contributed by atoms with Crippen molar-refractivity contribution in [3.8, 4) is 5.75 Å². The highest BCUT2D eigenvalue weighted by Crippen LogP contribution is 2.35. The number of nitrogen functional groups attached to an aromatic ring is 1. The van der Waals surface area contributed by atoms with Crippen LogP contribution in [0.25, 0.3) is 0 Å². The fraction of sp³-hybridized carbons (Fsp3) is 0.556. The number of hydrogen-bond acceptors (Lipinski definition) is 6. The van der Waals surface area contributed by atoms with E-state index in [-0.39, 0.29) is 24.0 Å². The minimum absolute atomic E-state index is 0.00265. The number of benzene rings is 1. The molecule has 0 unspecified atom stereocenters. The summed E-state index contributed by atoms with van der Waals surface area (Å²) < 4.78 is 10.8. The lowest BCUT2D eigenvalue weighted by molar-refractivity contribution is -0.134. The summed E-state index contributed by atoms with van der Waals surface area (Å²) in [7, 11) is 0. The van der Waals surface area contributed by atoms with Crippen molar-refractivity contribution < 1.29 is 19.1 Å². The third-order valence-corrected chi connectivity index (χ3v) is 4.78. The van der Waals surface area contributed by atoms with Gasteiger partial charge in [0.1, 0.15) is 0 Å². The first-order valence-corrected chi connectivity index (χ1v) is 8.81. The summed E-state index contributed by atoms with van der Waals surface area (Å²) in [5, 5.41) is 0. The molecule has 7 heteroatoms. The molecule has 3 rings (SSSR count). The minimum atomic E-state index is -0.368. The molecule has 0 aliphatic carbocycles. The van der Waals surface area contributed by atoms with Crippen molar-refractivity contribution >= 4 is 23.3 Å². The molecule has 0 saturated carbocycles. The molecule has 7 nitrogen and oxygen atoms in total. The number of carbonyl (C=O) groups excluding carboxylic acids is 2. The lowest BCUT2D eigenvalue weighted by Gasteiger charge is -2.40. The van der Waals surface area contributed by atoms with Gasteiger partial charge in [0.15, 0.2) is 5.75 Å². The predicted molar refractivity (Wildman–Crippen MR) is 94.5 cm³/mol. The number of amides is 1. The molecule has 2 heterocycles. The van der Waals surface area contributed by atoms with Gasteiger partial charge >= 0.3 is 5.97 Å². The molecule has 1 amide bonds. The number of para-hydroxylation sites is 1. The monoisotopic (exact) mass is 347 g/mol. The summed E-state index contributed by atoms with van der Waals surface area (Å²) >= 11 is 0. The Labute approximate surface area is 147 Å². The van der Waals surface area contributed by atoms with Gasteiger partial charge in [0.05, 0.1) is 17.9 Å². The van der Waals surface area contributed by atoms with Crippen LogP contribution in [-0.2, 0) is 14.3 Å². The number of nitrogens with zero attached hydrogens (tertiary/aromatic N) is 2.